The van der Waals surface area contributed by atoms with E-state index < -0.39 is 0 Å². The predicted molar refractivity (Wildman–Crippen MR) is 81.5 cm³/mol. The summed E-state index contributed by atoms with van der Waals surface area (Å²) in [5, 5.41) is 3.56. The van der Waals surface area contributed by atoms with Crippen LogP contribution >= 0.6 is 11.3 Å². The molecule has 0 unspecified atom stereocenters. The molecule has 1 saturated carbocycles. The van der Waals surface area contributed by atoms with E-state index in [1.807, 2.05) is 17.4 Å². The third-order valence-corrected chi connectivity index (χ3v) is 4.31. The van der Waals surface area contributed by atoms with Crippen LogP contribution in [0.4, 0.5) is 0 Å². The van der Waals surface area contributed by atoms with E-state index in [2.05, 4.69) is 28.9 Å². The molecule has 2 rings (SSSR count). The van der Waals surface area contributed by atoms with Crippen LogP contribution in [0.25, 0.3) is 0 Å². The molecule has 0 spiro atoms. The van der Waals surface area contributed by atoms with Gasteiger partial charge in [-0.15, -0.1) is 17.9 Å². The highest BCUT2D eigenvalue weighted by Crippen LogP contribution is 2.22. The van der Waals surface area contributed by atoms with Gasteiger partial charge in [0.05, 0.1) is 6.61 Å². The molecule has 1 aromatic heterocycles. The summed E-state index contributed by atoms with van der Waals surface area (Å²) in [6, 6.07) is 5.28. The van der Waals surface area contributed by atoms with Crippen molar-refractivity contribution < 1.29 is 4.74 Å². The van der Waals surface area contributed by atoms with Gasteiger partial charge in [-0.2, -0.15) is 0 Å². The second kappa shape index (κ2) is 7.80. The number of ether oxygens (including phenoxy) is 1. The number of hydrogen-bond acceptors (Lipinski definition) is 4. The summed E-state index contributed by atoms with van der Waals surface area (Å²) >= 11 is 1.91. The fourth-order valence-electron chi connectivity index (χ4n) is 1.99. The zero-order valence-electron chi connectivity index (χ0n) is 11.7. The van der Waals surface area contributed by atoms with Gasteiger partial charge < -0.3 is 10.1 Å². The van der Waals surface area contributed by atoms with Crippen molar-refractivity contribution in [2.45, 2.75) is 32.0 Å². The molecule has 0 radical (unpaired) electrons. The molecule has 1 fully saturated rings. The Morgan fingerprint density at radius 2 is 2.26 bits per heavy atom. The second-order valence-corrected chi connectivity index (χ2v) is 6.29. The van der Waals surface area contributed by atoms with Crippen LogP contribution in [0.15, 0.2) is 24.8 Å². The summed E-state index contributed by atoms with van der Waals surface area (Å²) in [7, 11) is 1.75. The fourth-order valence-corrected chi connectivity index (χ4v) is 3.00. The van der Waals surface area contributed by atoms with Crippen molar-refractivity contribution in [3.05, 3.63) is 34.5 Å². The first-order valence-electron chi connectivity index (χ1n) is 6.95. The first-order chi connectivity index (χ1) is 9.31. The van der Waals surface area contributed by atoms with Gasteiger partial charge in [-0.25, -0.2) is 0 Å². The predicted octanol–water partition coefficient (Wildman–Crippen LogP) is 2.63. The van der Waals surface area contributed by atoms with E-state index in [4.69, 9.17) is 4.74 Å². The quantitative estimate of drug-likeness (QED) is 0.667. The number of thiophene rings is 1. The molecule has 1 aliphatic carbocycles. The molecule has 19 heavy (non-hydrogen) atoms. The van der Waals surface area contributed by atoms with Gasteiger partial charge in [-0.3, -0.25) is 4.90 Å². The van der Waals surface area contributed by atoms with E-state index in [9.17, 15) is 0 Å². The van der Waals surface area contributed by atoms with E-state index >= 15 is 0 Å². The topological polar surface area (TPSA) is 24.5 Å². The molecule has 0 aromatic carbocycles. The van der Waals surface area contributed by atoms with Gasteiger partial charge in [0.25, 0.3) is 0 Å². The third-order valence-electron chi connectivity index (χ3n) is 3.24. The molecule has 1 aromatic rings. The number of rotatable bonds is 10. The maximum atomic E-state index is 5.15. The zero-order chi connectivity index (χ0) is 13.5. The highest BCUT2D eigenvalue weighted by molar-refractivity contribution is 7.11. The van der Waals surface area contributed by atoms with Crippen molar-refractivity contribution in [1.82, 2.24) is 10.2 Å². The number of hydrogen-bond donors (Lipinski definition) is 1. The van der Waals surface area contributed by atoms with Crippen LogP contribution in [0.5, 0.6) is 0 Å². The molecule has 0 aliphatic heterocycles. The average Bonchev–Trinajstić information content (AvgIpc) is 3.14. The van der Waals surface area contributed by atoms with Crippen molar-refractivity contribution in [2.24, 2.45) is 0 Å². The number of methoxy groups -OCH3 is 1. The largest absolute Gasteiger partial charge is 0.383 e. The van der Waals surface area contributed by atoms with Crippen molar-refractivity contribution in [3.8, 4) is 0 Å². The normalized spacial score (nSPS) is 15.1. The SMILES string of the molecule is C=CCN(CCOC)Cc1ccc(CNC2CC2)s1. The van der Waals surface area contributed by atoms with Crippen molar-refractivity contribution in [1.29, 1.82) is 0 Å². The Balaban J connectivity index is 1.79. The van der Waals surface area contributed by atoms with E-state index in [-0.39, 0.29) is 0 Å². The minimum absolute atomic E-state index is 0.773. The molecule has 106 valence electrons. The smallest absolute Gasteiger partial charge is 0.0589 e. The maximum absolute atomic E-state index is 5.15. The van der Waals surface area contributed by atoms with Crippen LogP contribution in [0.2, 0.25) is 0 Å². The molecular formula is C15H24N2OS. The molecule has 0 atom stereocenters. The Hall–Kier alpha value is -0.680. The Kier molecular flexibility index (Phi) is 6.04. The molecule has 3 nitrogen and oxygen atoms in total. The van der Waals surface area contributed by atoms with Crippen LogP contribution in [-0.2, 0) is 17.8 Å². The fraction of sp³-hybridized carbons (Fsp3) is 0.600. The number of nitrogens with zero attached hydrogens (tertiary/aromatic N) is 1. The molecule has 1 N–H and O–H groups in total. The number of nitrogens with one attached hydrogen (secondary N) is 1. The van der Waals surface area contributed by atoms with Gasteiger partial charge in [-0.05, 0) is 25.0 Å². The van der Waals surface area contributed by atoms with Gasteiger partial charge in [0.15, 0.2) is 0 Å². The minimum atomic E-state index is 0.773. The third kappa shape index (κ3) is 5.45. The van der Waals surface area contributed by atoms with Crippen molar-refractivity contribution in [3.63, 3.8) is 0 Å². The summed E-state index contributed by atoms with van der Waals surface area (Å²) in [4.78, 5) is 5.22. The van der Waals surface area contributed by atoms with Gasteiger partial charge in [0, 0.05) is 49.1 Å². The molecule has 0 bridgehead atoms. The van der Waals surface area contributed by atoms with Crippen LogP contribution in [0.1, 0.15) is 22.6 Å². The van der Waals surface area contributed by atoms with Crippen LogP contribution in [0.3, 0.4) is 0 Å². The Labute approximate surface area is 120 Å². The first kappa shape index (κ1) is 14.7. The molecule has 0 saturated heterocycles. The molecule has 1 heterocycles. The van der Waals surface area contributed by atoms with Gasteiger partial charge in [-0.1, -0.05) is 6.08 Å². The lowest BCUT2D eigenvalue weighted by molar-refractivity contribution is 0.151. The van der Waals surface area contributed by atoms with Crippen LogP contribution in [0, 0.1) is 0 Å². The van der Waals surface area contributed by atoms with Crippen LogP contribution < -0.4 is 5.32 Å². The monoisotopic (exact) mass is 280 g/mol. The minimum Gasteiger partial charge on any atom is -0.383 e. The summed E-state index contributed by atoms with van der Waals surface area (Å²) in [5.74, 6) is 0. The molecular weight excluding hydrogens is 256 g/mol. The van der Waals surface area contributed by atoms with Gasteiger partial charge in [0.2, 0.25) is 0 Å². The average molecular weight is 280 g/mol. The standard InChI is InChI=1S/C15H24N2OS/c1-3-8-17(9-10-18-2)12-15-7-6-14(19-15)11-16-13-4-5-13/h3,6-7,13,16H,1,4-5,8-12H2,2H3. The lowest BCUT2D eigenvalue weighted by atomic mass is 10.3. The van der Waals surface area contributed by atoms with Gasteiger partial charge >= 0.3 is 0 Å². The summed E-state index contributed by atoms with van der Waals surface area (Å²) in [5.41, 5.74) is 0. The van der Waals surface area contributed by atoms with E-state index in [0.29, 0.717) is 0 Å². The molecule has 4 heteroatoms. The van der Waals surface area contributed by atoms with Crippen molar-refractivity contribution in [2.75, 3.05) is 26.8 Å². The molecule has 1 aliphatic rings. The summed E-state index contributed by atoms with van der Waals surface area (Å²) in [6.45, 7) is 8.48. The lowest BCUT2D eigenvalue weighted by Gasteiger charge is -2.19. The van der Waals surface area contributed by atoms with E-state index in [1.54, 1.807) is 7.11 Å². The second-order valence-electron chi connectivity index (χ2n) is 5.04. The Morgan fingerprint density at radius 1 is 1.47 bits per heavy atom. The molecule has 0 amide bonds. The lowest BCUT2D eigenvalue weighted by Crippen LogP contribution is -2.26. The first-order valence-corrected chi connectivity index (χ1v) is 7.76. The Bertz CT molecular complexity index is 387. The maximum Gasteiger partial charge on any atom is 0.0589 e. The van der Waals surface area contributed by atoms with Gasteiger partial charge in [0.1, 0.15) is 0 Å². The van der Waals surface area contributed by atoms with E-state index in [0.717, 1.165) is 38.8 Å². The zero-order valence-corrected chi connectivity index (χ0v) is 12.5. The highest BCUT2D eigenvalue weighted by Gasteiger charge is 2.20. The summed E-state index contributed by atoms with van der Waals surface area (Å²) in [6.07, 6.45) is 4.66. The van der Waals surface area contributed by atoms with E-state index in [1.165, 1.54) is 22.6 Å². The van der Waals surface area contributed by atoms with Crippen molar-refractivity contribution >= 4 is 11.3 Å². The highest BCUT2D eigenvalue weighted by atomic mass is 32.1. The Morgan fingerprint density at radius 3 is 2.95 bits per heavy atom. The summed E-state index contributed by atoms with van der Waals surface area (Å²) < 4.78 is 5.15. The van der Waals surface area contributed by atoms with Crippen LogP contribution in [-0.4, -0.2) is 37.7 Å².